The van der Waals surface area contributed by atoms with E-state index < -0.39 is 11.8 Å². The lowest BCUT2D eigenvalue weighted by Gasteiger charge is -2.12. The number of anilines is 1. The Kier molecular flexibility index (Phi) is 5.11. The van der Waals surface area contributed by atoms with Crippen LogP contribution in [0.4, 0.5) is 10.1 Å². The first-order valence-corrected chi connectivity index (χ1v) is 7.28. The van der Waals surface area contributed by atoms with Gasteiger partial charge in [0.25, 0.3) is 0 Å². The van der Waals surface area contributed by atoms with Crippen molar-refractivity contribution in [3.8, 4) is 0 Å². The SMILES string of the molecule is Cc1cc(C)c(NC(=O)C(=O)NCc2ccc(F)cc2)c(C)c1. The highest BCUT2D eigenvalue weighted by Crippen LogP contribution is 2.21. The van der Waals surface area contributed by atoms with E-state index in [2.05, 4.69) is 10.6 Å². The molecule has 0 aromatic heterocycles. The molecule has 4 nitrogen and oxygen atoms in total. The molecule has 0 atom stereocenters. The van der Waals surface area contributed by atoms with Crippen LogP contribution < -0.4 is 10.6 Å². The van der Waals surface area contributed by atoms with E-state index in [1.165, 1.54) is 12.1 Å². The number of amides is 2. The summed E-state index contributed by atoms with van der Waals surface area (Å²) in [6.07, 6.45) is 0. The topological polar surface area (TPSA) is 58.2 Å². The molecule has 0 aliphatic heterocycles. The van der Waals surface area contributed by atoms with Gasteiger partial charge in [0.05, 0.1) is 0 Å². The molecule has 0 saturated heterocycles. The van der Waals surface area contributed by atoms with Crippen molar-refractivity contribution in [2.75, 3.05) is 5.32 Å². The standard InChI is InChI=1S/C18H19FN2O2/c1-11-8-12(2)16(13(3)9-11)21-18(23)17(22)20-10-14-4-6-15(19)7-5-14/h4-9H,10H2,1-3H3,(H,20,22)(H,21,23). The monoisotopic (exact) mass is 314 g/mol. The third-order valence-electron chi connectivity index (χ3n) is 3.49. The molecule has 0 bridgehead atoms. The molecule has 0 saturated carbocycles. The number of hydrogen-bond donors (Lipinski definition) is 2. The molecular formula is C18H19FN2O2. The summed E-state index contributed by atoms with van der Waals surface area (Å²) < 4.78 is 12.8. The van der Waals surface area contributed by atoms with Gasteiger partial charge in [-0.2, -0.15) is 0 Å². The van der Waals surface area contributed by atoms with Crippen molar-refractivity contribution in [1.82, 2.24) is 5.32 Å². The van der Waals surface area contributed by atoms with Crippen LogP contribution in [0.1, 0.15) is 22.3 Å². The molecule has 2 rings (SSSR count). The number of carbonyl (C=O) groups is 2. The van der Waals surface area contributed by atoms with Crippen LogP contribution in [-0.4, -0.2) is 11.8 Å². The minimum atomic E-state index is -0.728. The molecule has 2 aromatic rings. The number of nitrogens with one attached hydrogen (secondary N) is 2. The first-order valence-electron chi connectivity index (χ1n) is 7.28. The fraction of sp³-hybridized carbons (Fsp3) is 0.222. The van der Waals surface area contributed by atoms with Crippen LogP contribution in [0.3, 0.4) is 0 Å². The third-order valence-corrected chi connectivity index (χ3v) is 3.49. The second-order valence-electron chi connectivity index (χ2n) is 5.54. The van der Waals surface area contributed by atoms with Gasteiger partial charge in [-0.15, -0.1) is 0 Å². The molecule has 0 radical (unpaired) electrons. The van der Waals surface area contributed by atoms with E-state index in [0.717, 1.165) is 22.3 Å². The summed E-state index contributed by atoms with van der Waals surface area (Å²) in [7, 11) is 0. The fourth-order valence-corrected chi connectivity index (χ4v) is 2.41. The quantitative estimate of drug-likeness (QED) is 0.856. The Labute approximate surface area is 134 Å². The summed E-state index contributed by atoms with van der Waals surface area (Å²) in [6, 6.07) is 9.61. The van der Waals surface area contributed by atoms with Crippen LogP contribution in [0.25, 0.3) is 0 Å². The zero-order chi connectivity index (χ0) is 17.0. The van der Waals surface area contributed by atoms with Crippen molar-refractivity contribution in [3.05, 3.63) is 64.5 Å². The maximum atomic E-state index is 12.8. The Balaban J connectivity index is 1.98. The number of benzene rings is 2. The summed E-state index contributed by atoms with van der Waals surface area (Å²) in [5, 5.41) is 5.16. The fourth-order valence-electron chi connectivity index (χ4n) is 2.41. The van der Waals surface area contributed by atoms with E-state index >= 15 is 0 Å². The van der Waals surface area contributed by atoms with Crippen LogP contribution in [0, 0.1) is 26.6 Å². The average molecular weight is 314 g/mol. The van der Waals surface area contributed by atoms with Crippen LogP contribution in [0.5, 0.6) is 0 Å². The van der Waals surface area contributed by atoms with Gasteiger partial charge in [0, 0.05) is 12.2 Å². The smallest absolute Gasteiger partial charge is 0.313 e. The highest BCUT2D eigenvalue weighted by atomic mass is 19.1. The second-order valence-corrected chi connectivity index (χ2v) is 5.54. The maximum absolute atomic E-state index is 12.8. The molecule has 2 amide bonds. The van der Waals surface area contributed by atoms with E-state index in [4.69, 9.17) is 0 Å². The third kappa shape index (κ3) is 4.39. The Hall–Kier alpha value is -2.69. The minimum Gasteiger partial charge on any atom is -0.344 e. The van der Waals surface area contributed by atoms with Gasteiger partial charge in [-0.3, -0.25) is 9.59 Å². The van der Waals surface area contributed by atoms with Crippen molar-refractivity contribution in [2.45, 2.75) is 27.3 Å². The summed E-state index contributed by atoms with van der Waals surface area (Å²) >= 11 is 0. The summed E-state index contributed by atoms with van der Waals surface area (Å²) in [5.41, 5.74) is 4.27. The largest absolute Gasteiger partial charge is 0.344 e. The van der Waals surface area contributed by atoms with Crippen molar-refractivity contribution in [3.63, 3.8) is 0 Å². The summed E-state index contributed by atoms with van der Waals surface area (Å²) in [5.74, 6) is -1.79. The highest BCUT2D eigenvalue weighted by Gasteiger charge is 2.15. The van der Waals surface area contributed by atoms with Crippen molar-refractivity contribution in [1.29, 1.82) is 0 Å². The average Bonchev–Trinajstić information content (AvgIpc) is 2.49. The predicted molar refractivity (Wildman–Crippen MR) is 87.5 cm³/mol. The van der Waals surface area contributed by atoms with Crippen molar-refractivity contribution < 1.29 is 14.0 Å². The molecule has 0 aliphatic carbocycles. The molecule has 5 heteroatoms. The van der Waals surface area contributed by atoms with E-state index in [0.29, 0.717) is 5.69 Å². The molecule has 0 heterocycles. The Bertz CT molecular complexity index is 716. The van der Waals surface area contributed by atoms with E-state index in [1.807, 2.05) is 32.9 Å². The number of aryl methyl sites for hydroxylation is 3. The molecule has 0 spiro atoms. The lowest BCUT2D eigenvalue weighted by molar-refractivity contribution is -0.136. The molecule has 120 valence electrons. The maximum Gasteiger partial charge on any atom is 0.313 e. The number of halogens is 1. The predicted octanol–water partition coefficient (Wildman–Crippen LogP) is 3.01. The van der Waals surface area contributed by atoms with Crippen LogP contribution in [-0.2, 0) is 16.1 Å². The minimum absolute atomic E-state index is 0.165. The van der Waals surface area contributed by atoms with Gasteiger partial charge < -0.3 is 10.6 Å². The van der Waals surface area contributed by atoms with Gasteiger partial charge in [-0.25, -0.2) is 4.39 Å². The molecule has 0 fully saturated rings. The van der Waals surface area contributed by atoms with E-state index in [9.17, 15) is 14.0 Å². The normalized spacial score (nSPS) is 10.3. The molecular weight excluding hydrogens is 295 g/mol. The zero-order valence-corrected chi connectivity index (χ0v) is 13.4. The van der Waals surface area contributed by atoms with Gasteiger partial charge in [0.2, 0.25) is 0 Å². The van der Waals surface area contributed by atoms with E-state index in [-0.39, 0.29) is 12.4 Å². The van der Waals surface area contributed by atoms with Crippen LogP contribution in [0.15, 0.2) is 36.4 Å². The molecule has 0 aliphatic rings. The van der Waals surface area contributed by atoms with E-state index in [1.54, 1.807) is 12.1 Å². The van der Waals surface area contributed by atoms with Gasteiger partial charge in [-0.1, -0.05) is 29.8 Å². The van der Waals surface area contributed by atoms with Crippen molar-refractivity contribution in [2.24, 2.45) is 0 Å². The van der Waals surface area contributed by atoms with Gasteiger partial charge in [0.15, 0.2) is 0 Å². The Morgan fingerprint density at radius 3 is 2.09 bits per heavy atom. The Morgan fingerprint density at radius 1 is 0.957 bits per heavy atom. The lowest BCUT2D eigenvalue weighted by Crippen LogP contribution is -2.35. The first kappa shape index (κ1) is 16.7. The number of rotatable bonds is 3. The number of hydrogen-bond acceptors (Lipinski definition) is 2. The van der Waals surface area contributed by atoms with Crippen LogP contribution in [0.2, 0.25) is 0 Å². The molecule has 23 heavy (non-hydrogen) atoms. The van der Waals surface area contributed by atoms with Crippen molar-refractivity contribution >= 4 is 17.5 Å². The van der Waals surface area contributed by atoms with Gasteiger partial charge in [-0.05, 0) is 49.6 Å². The Morgan fingerprint density at radius 2 is 1.52 bits per heavy atom. The lowest BCUT2D eigenvalue weighted by atomic mass is 10.1. The zero-order valence-electron chi connectivity index (χ0n) is 13.4. The molecule has 2 aromatic carbocycles. The second kappa shape index (κ2) is 7.05. The molecule has 2 N–H and O–H groups in total. The first-order chi connectivity index (χ1) is 10.9. The van der Waals surface area contributed by atoms with Gasteiger partial charge >= 0.3 is 11.8 Å². The summed E-state index contributed by atoms with van der Waals surface area (Å²) in [4.78, 5) is 23.9. The number of carbonyl (C=O) groups excluding carboxylic acids is 2. The summed E-state index contributed by atoms with van der Waals surface area (Å²) in [6.45, 7) is 5.90. The molecule has 0 unspecified atom stereocenters. The van der Waals surface area contributed by atoms with Gasteiger partial charge in [0.1, 0.15) is 5.82 Å². The van der Waals surface area contributed by atoms with Crippen LogP contribution >= 0.6 is 0 Å². The highest BCUT2D eigenvalue weighted by molar-refractivity contribution is 6.39.